The summed E-state index contributed by atoms with van der Waals surface area (Å²) in [6.45, 7) is 7.07. The van der Waals surface area contributed by atoms with E-state index in [1.54, 1.807) is 6.20 Å². The summed E-state index contributed by atoms with van der Waals surface area (Å²) in [6, 6.07) is 3.81. The highest BCUT2D eigenvalue weighted by Crippen LogP contribution is 2.10. The van der Waals surface area contributed by atoms with Gasteiger partial charge in [0.05, 0.1) is 6.54 Å². The number of nitrogens with zero attached hydrogens (tertiary/aromatic N) is 3. The zero-order chi connectivity index (χ0) is 15.7. The maximum atomic E-state index is 5.81. The van der Waals surface area contributed by atoms with Crippen LogP contribution in [0.15, 0.2) is 23.3 Å². The molecule has 0 aromatic carbocycles. The quantitative estimate of drug-likeness (QED) is 0.380. The predicted octanol–water partition coefficient (Wildman–Crippen LogP) is 1.70. The summed E-state index contributed by atoms with van der Waals surface area (Å²) in [6.07, 6.45) is 1.73. The van der Waals surface area contributed by atoms with Crippen molar-refractivity contribution in [2.45, 2.75) is 20.4 Å². The average Bonchev–Trinajstić information content (AvgIpc) is 2.43. The first kappa shape index (κ1) is 20.9. The van der Waals surface area contributed by atoms with Crippen LogP contribution in [0, 0.1) is 5.92 Å². The van der Waals surface area contributed by atoms with Crippen molar-refractivity contribution in [1.29, 1.82) is 0 Å². The molecule has 0 atom stereocenters. The Hall–Kier alpha value is -1.09. The number of hydrogen-bond donors (Lipinski definition) is 2. The van der Waals surface area contributed by atoms with Crippen LogP contribution in [0.2, 0.25) is 0 Å². The lowest BCUT2D eigenvalue weighted by Gasteiger charge is -2.11. The van der Waals surface area contributed by atoms with E-state index < -0.39 is 0 Å². The number of guanidine groups is 1. The Morgan fingerprint density at radius 1 is 1.45 bits per heavy atom. The Balaban J connectivity index is 0.00000441. The summed E-state index contributed by atoms with van der Waals surface area (Å²) < 4.78 is 5.60. The minimum atomic E-state index is 0. The molecule has 1 heterocycles. The fourth-order valence-electron chi connectivity index (χ4n) is 1.50. The molecule has 0 saturated carbocycles. The number of ether oxygens (including phenoxy) is 1. The van der Waals surface area contributed by atoms with Crippen LogP contribution < -0.4 is 15.8 Å². The molecular weight excluding hydrogens is 393 g/mol. The number of hydrogen-bond acceptors (Lipinski definition) is 4. The molecule has 7 heteroatoms. The molecule has 1 aromatic heterocycles. The molecular formula is C15H28IN5O. The lowest BCUT2D eigenvalue weighted by Crippen LogP contribution is -2.34. The fourth-order valence-corrected chi connectivity index (χ4v) is 1.50. The highest BCUT2D eigenvalue weighted by atomic mass is 127. The molecule has 0 aliphatic carbocycles. The van der Waals surface area contributed by atoms with Gasteiger partial charge in [-0.05, 0) is 31.6 Å². The SMILES string of the molecule is CC(C)CNC(N)=NCc1ccnc(OCCN(C)C)c1.I. The van der Waals surface area contributed by atoms with Crippen LogP contribution in [-0.4, -0.2) is 49.6 Å². The van der Waals surface area contributed by atoms with Crippen LogP contribution >= 0.6 is 24.0 Å². The average molecular weight is 421 g/mol. The number of halogens is 1. The number of nitrogens with two attached hydrogens (primary N) is 1. The van der Waals surface area contributed by atoms with Gasteiger partial charge in [0.15, 0.2) is 5.96 Å². The van der Waals surface area contributed by atoms with Crippen molar-refractivity contribution in [3.8, 4) is 5.88 Å². The second kappa shape index (κ2) is 11.5. The van der Waals surface area contributed by atoms with Crippen LogP contribution in [0.4, 0.5) is 0 Å². The molecule has 0 bridgehead atoms. The maximum Gasteiger partial charge on any atom is 0.213 e. The Labute approximate surface area is 150 Å². The van der Waals surface area contributed by atoms with Crippen molar-refractivity contribution in [2.24, 2.45) is 16.6 Å². The van der Waals surface area contributed by atoms with E-state index in [4.69, 9.17) is 10.5 Å². The number of rotatable bonds is 8. The Bertz CT molecular complexity index is 451. The maximum absolute atomic E-state index is 5.81. The topological polar surface area (TPSA) is 75.8 Å². The van der Waals surface area contributed by atoms with E-state index in [-0.39, 0.29) is 24.0 Å². The van der Waals surface area contributed by atoms with E-state index in [1.807, 2.05) is 26.2 Å². The van der Waals surface area contributed by atoms with Crippen molar-refractivity contribution in [1.82, 2.24) is 15.2 Å². The van der Waals surface area contributed by atoms with Crippen LogP contribution in [-0.2, 0) is 6.54 Å². The van der Waals surface area contributed by atoms with E-state index in [1.165, 1.54) is 0 Å². The molecule has 1 rings (SSSR count). The van der Waals surface area contributed by atoms with E-state index in [2.05, 4.69) is 34.0 Å². The second-order valence-corrected chi connectivity index (χ2v) is 5.63. The number of pyridine rings is 1. The van der Waals surface area contributed by atoms with E-state index in [0.717, 1.165) is 18.7 Å². The number of nitrogens with one attached hydrogen (secondary N) is 1. The third-order valence-corrected chi connectivity index (χ3v) is 2.71. The van der Waals surface area contributed by atoms with E-state index in [9.17, 15) is 0 Å². The normalized spacial score (nSPS) is 11.5. The molecule has 0 aliphatic heterocycles. The third kappa shape index (κ3) is 9.78. The fraction of sp³-hybridized carbons (Fsp3) is 0.600. The van der Waals surface area contributed by atoms with Crippen molar-refractivity contribution in [3.63, 3.8) is 0 Å². The van der Waals surface area contributed by atoms with Gasteiger partial charge in [0.1, 0.15) is 6.61 Å². The lowest BCUT2D eigenvalue weighted by atomic mass is 10.2. The summed E-state index contributed by atoms with van der Waals surface area (Å²) >= 11 is 0. The van der Waals surface area contributed by atoms with E-state index >= 15 is 0 Å². The van der Waals surface area contributed by atoms with Crippen molar-refractivity contribution in [3.05, 3.63) is 23.9 Å². The molecule has 0 unspecified atom stereocenters. The zero-order valence-corrected chi connectivity index (χ0v) is 16.2. The third-order valence-electron chi connectivity index (χ3n) is 2.71. The Morgan fingerprint density at radius 2 is 2.18 bits per heavy atom. The summed E-state index contributed by atoms with van der Waals surface area (Å²) in [5.74, 6) is 1.63. The first-order valence-electron chi connectivity index (χ1n) is 7.23. The summed E-state index contributed by atoms with van der Waals surface area (Å²) in [4.78, 5) is 10.6. The number of likely N-dealkylation sites (N-methyl/N-ethyl adjacent to an activating group) is 1. The first-order chi connectivity index (χ1) is 9.97. The van der Waals surface area contributed by atoms with Crippen molar-refractivity contribution >= 4 is 29.9 Å². The molecule has 0 spiro atoms. The van der Waals surface area contributed by atoms with Gasteiger partial charge in [-0.1, -0.05) is 13.8 Å². The van der Waals surface area contributed by atoms with Gasteiger partial charge in [-0.2, -0.15) is 0 Å². The molecule has 0 saturated heterocycles. The monoisotopic (exact) mass is 421 g/mol. The second-order valence-electron chi connectivity index (χ2n) is 5.63. The van der Waals surface area contributed by atoms with Gasteiger partial charge in [-0.15, -0.1) is 24.0 Å². The van der Waals surface area contributed by atoms with Crippen LogP contribution in [0.3, 0.4) is 0 Å². The van der Waals surface area contributed by atoms with Gasteiger partial charge >= 0.3 is 0 Å². The summed E-state index contributed by atoms with van der Waals surface area (Å²) in [5.41, 5.74) is 6.83. The van der Waals surface area contributed by atoms with Crippen LogP contribution in [0.1, 0.15) is 19.4 Å². The minimum Gasteiger partial charge on any atom is -0.476 e. The predicted molar refractivity (Wildman–Crippen MR) is 102 cm³/mol. The lowest BCUT2D eigenvalue weighted by molar-refractivity contribution is 0.253. The van der Waals surface area contributed by atoms with Gasteiger partial charge in [0, 0.05) is 25.4 Å². The summed E-state index contributed by atoms with van der Waals surface area (Å²) in [7, 11) is 4.02. The van der Waals surface area contributed by atoms with Gasteiger partial charge in [0.2, 0.25) is 5.88 Å². The molecule has 0 fully saturated rings. The highest BCUT2D eigenvalue weighted by molar-refractivity contribution is 14.0. The van der Waals surface area contributed by atoms with Crippen LogP contribution in [0.25, 0.3) is 0 Å². The van der Waals surface area contributed by atoms with Gasteiger partial charge < -0.3 is 20.7 Å². The molecule has 0 aliphatic rings. The molecule has 0 amide bonds. The smallest absolute Gasteiger partial charge is 0.213 e. The van der Waals surface area contributed by atoms with Gasteiger partial charge in [0.25, 0.3) is 0 Å². The molecule has 126 valence electrons. The molecule has 3 N–H and O–H groups in total. The largest absolute Gasteiger partial charge is 0.476 e. The first-order valence-corrected chi connectivity index (χ1v) is 7.23. The molecule has 1 aromatic rings. The van der Waals surface area contributed by atoms with Gasteiger partial charge in [-0.25, -0.2) is 9.98 Å². The van der Waals surface area contributed by atoms with Crippen molar-refractivity contribution < 1.29 is 4.74 Å². The number of aliphatic imine (C=N–C) groups is 1. The van der Waals surface area contributed by atoms with Crippen LogP contribution in [0.5, 0.6) is 5.88 Å². The van der Waals surface area contributed by atoms with E-state index in [0.29, 0.717) is 30.9 Å². The van der Waals surface area contributed by atoms with Gasteiger partial charge in [-0.3, -0.25) is 0 Å². The summed E-state index contributed by atoms with van der Waals surface area (Å²) in [5, 5.41) is 3.09. The number of aromatic nitrogens is 1. The molecule has 0 radical (unpaired) electrons. The molecule has 6 nitrogen and oxygen atoms in total. The molecule has 22 heavy (non-hydrogen) atoms. The minimum absolute atomic E-state index is 0. The standard InChI is InChI=1S/C15H27N5O.HI/c1-12(2)10-18-15(16)19-11-13-5-6-17-14(9-13)21-8-7-20(3)4;/h5-6,9,12H,7-8,10-11H2,1-4H3,(H3,16,18,19);1H. The van der Waals surface area contributed by atoms with Crippen molar-refractivity contribution in [2.75, 3.05) is 33.8 Å². The Kier molecular flexibility index (Phi) is 10.9. The highest BCUT2D eigenvalue weighted by Gasteiger charge is 2.00. The Morgan fingerprint density at radius 3 is 2.82 bits per heavy atom. The zero-order valence-electron chi connectivity index (χ0n) is 13.9.